The molecule has 4 heteroatoms. The van der Waals surface area contributed by atoms with Crippen LogP contribution in [0.4, 0.5) is 8.78 Å². The molecule has 0 aromatic heterocycles. The highest BCUT2D eigenvalue weighted by Gasteiger charge is 2.17. The van der Waals surface area contributed by atoms with E-state index in [1.807, 2.05) is 0 Å². The van der Waals surface area contributed by atoms with Crippen molar-refractivity contribution in [3.05, 3.63) is 47.0 Å². The molecule has 0 unspecified atom stereocenters. The van der Waals surface area contributed by atoms with Crippen LogP contribution in [0.3, 0.4) is 0 Å². The Labute approximate surface area is 86.2 Å². The van der Waals surface area contributed by atoms with Crippen LogP contribution in [0, 0.1) is 11.6 Å². The number of benzene rings is 1. The fourth-order valence-corrected chi connectivity index (χ4v) is 1.34. The average molecular weight is 218 g/mol. The third-order valence-corrected chi connectivity index (χ3v) is 2.16. The fourth-order valence-electron chi connectivity index (χ4n) is 1.18. The maximum absolute atomic E-state index is 13.4. The Balaban J connectivity index is 3.17. The predicted molar refractivity (Wildman–Crippen MR) is 53.1 cm³/mol. The molecule has 2 N–H and O–H groups in total. The molecule has 1 nitrogen and oxygen atoms in total. The maximum atomic E-state index is 13.4. The van der Waals surface area contributed by atoms with E-state index < -0.39 is 17.7 Å². The normalized spacial score (nSPS) is 12.6. The van der Waals surface area contributed by atoms with Crippen LogP contribution in [0.5, 0.6) is 0 Å². The summed E-state index contributed by atoms with van der Waals surface area (Å²) in [4.78, 5) is 0. The molecule has 0 saturated heterocycles. The second kappa shape index (κ2) is 4.53. The van der Waals surface area contributed by atoms with Gasteiger partial charge in [-0.3, -0.25) is 0 Å². The Morgan fingerprint density at radius 3 is 2.71 bits per heavy atom. The molecule has 0 aliphatic rings. The highest BCUT2D eigenvalue weighted by atomic mass is 35.5. The topological polar surface area (TPSA) is 26.0 Å². The lowest BCUT2D eigenvalue weighted by Gasteiger charge is -2.12. The fraction of sp³-hybridized carbons (Fsp3) is 0.200. The van der Waals surface area contributed by atoms with Gasteiger partial charge in [-0.15, -0.1) is 6.58 Å². The van der Waals surface area contributed by atoms with Crippen molar-refractivity contribution in [3.63, 3.8) is 0 Å². The van der Waals surface area contributed by atoms with Crippen LogP contribution in [0.2, 0.25) is 5.02 Å². The number of nitrogens with two attached hydrogens (primary N) is 1. The van der Waals surface area contributed by atoms with Crippen LogP contribution in [0.25, 0.3) is 0 Å². The minimum absolute atomic E-state index is 0.124. The van der Waals surface area contributed by atoms with E-state index in [9.17, 15) is 8.78 Å². The molecular weight excluding hydrogens is 208 g/mol. The van der Waals surface area contributed by atoms with Gasteiger partial charge in [-0.05, 0) is 18.6 Å². The molecule has 0 heterocycles. The first-order valence-corrected chi connectivity index (χ1v) is 4.45. The van der Waals surface area contributed by atoms with E-state index in [0.29, 0.717) is 6.42 Å². The van der Waals surface area contributed by atoms with Gasteiger partial charge in [0, 0.05) is 11.6 Å². The van der Waals surface area contributed by atoms with Crippen molar-refractivity contribution in [2.24, 2.45) is 5.73 Å². The summed E-state index contributed by atoms with van der Waals surface area (Å²) in [5.41, 5.74) is 5.38. The first-order valence-electron chi connectivity index (χ1n) is 4.07. The molecule has 1 atom stereocenters. The minimum atomic E-state index is -0.791. The Kier molecular flexibility index (Phi) is 3.61. The molecule has 1 rings (SSSR count). The van der Waals surface area contributed by atoms with Gasteiger partial charge in [-0.2, -0.15) is 0 Å². The van der Waals surface area contributed by atoms with Crippen molar-refractivity contribution in [2.75, 3.05) is 0 Å². The molecule has 0 aliphatic heterocycles. The summed E-state index contributed by atoms with van der Waals surface area (Å²) in [6.07, 6.45) is 1.80. The lowest BCUT2D eigenvalue weighted by atomic mass is 10.0. The molecule has 0 fully saturated rings. The molecule has 0 aliphatic carbocycles. The Morgan fingerprint density at radius 1 is 1.50 bits per heavy atom. The summed E-state index contributed by atoms with van der Waals surface area (Å²) < 4.78 is 26.5. The maximum Gasteiger partial charge on any atom is 0.149 e. The summed E-state index contributed by atoms with van der Waals surface area (Å²) in [5.74, 6) is -1.47. The quantitative estimate of drug-likeness (QED) is 0.611. The van der Waals surface area contributed by atoms with Gasteiger partial charge in [0.25, 0.3) is 0 Å². The van der Waals surface area contributed by atoms with Crippen LogP contribution in [-0.2, 0) is 0 Å². The Hall–Kier alpha value is -0.930. The van der Waals surface area contributed by atoms with Crippen LogP contribution < -0.4 is 5.73 Å². The highest BCUT2D eigenvalue weighted by Crippen LogP contribution is 2.26. The van der Waals surface area contributed by atoms with E-state index in [0.717, 1.165) is 12.1 Å². The van der Waals surface area contributed by atoms with E-state index in [-0.39, 0.29) is 10.6 Å². The van der Waals surface area contributed by atoms with Crippen molar-refractivity contribution < 1.29 is 8.78 Å². The number of hydrogen-bond donors (Lipinski definition) is 1. The first-order chi connectivity index (χ1) is 6.57. The Morgan fingerprint density at radius 2 is 2.14 bits per heavy atom. The summed E-state index contributed by atoms with van der Waals surface area (Å²) >= 11 is 5.51. The Bertz CT molecular complexity index is 352. The van der Waals surface area contributed by atoms with Crippen molar-refractivity contribution in [1.29, 1.82) is 0 Å². The second-order valence-electron chi connectivity index (χ2n) is 2.89. The number of rotatable bonds is 3. The van der Waals surface area contributed by atoms with E-state index in [1.54, 1.807) is 0 Å². The van der Waals surface area contributed by atoms with E-state index in [4.69, 9.17) is 17.3 Å². The zero-order valence-corrected chi connectivity index (χ0v) is 8.19. The van der Waals surface area contributed by atoms with Crippen LogP contribution in [0.1, 0.15) is 18.0 Å². The zero-order chi connectivity index (χ0) is 10.7. The van der Waals surface area contributed by atoms with Crippen molar-refractivity contribution in [1.82, 2.24) is 0 Å². The van der Waals surface area contributed by atoms with Gasteiger partial charge in [0.05, 0.1) is 5.02 Å². The standard InChI is InChI=1S/C10H10ClF2N/c1-2-3-8(14)9-7(12)5-4-6(11)10(9)13/h2,4-5,8H,1,3,14H2/t8-/m1/s1. The lowest BCUT2D eigenvalue weighted by Crippen LogP contribution is -2.13. The predicted octanol–water partition coefficient (Wildman–Crippen LogP) is 3.19. The van der Waals surface area contributed by atoms with Crippen molar-refractivity contribution >= 4 is 11.6 Å². The lowest BCUT2D eigenvalue weighted by molar-refractivity contribution is 0.527. The van der Waals surface area contributed by atoms with Gasteiger partial charge in [0.1, 0.15) is 11.6 Å². The molecule has 0 amide bonds. The van der Waals surface area contributed by atoms with Crippen LogP contribution in [0.15, 0.2) is 24.8 Å². The van der Waals surface area contributed by atoms with Gasteiger partial charge in [-0.1, -0.05) is 17.7 Å². The van der Waals surface area contributed by atoms with Crippen molar-refractivity contribution in [3.8, 4) is 0 Å². The highest BCUT2D eigenvalue weighted by molar-refractivity contribution is 6.30. The van der Waals surface area contributed by atoms with Gasteiger partial charge in [-0.25, -0.2) is 8.78 Å². The minimum Gasteiger partial charge on any atom is -0.324 e. The molecule has 0 spiro atoms. The second-order valence-corrected chi connectivity index (χ2v) is 3.29. The molecule has 1 aromatic carbocycles. The summed E-state index contributed by atoms with van der Waals surface area (Å²) in [6, 6.07) is 1.52. The van der Waals surface area contributed by atoms with Crippen LogP contribution >= 0.6 is 11.6 Å². The zero-order valence-electron chi connectivity index (χ0n) is 7.43. The molecule has 0 bridgehead atoms. The molecule has 1 aromatic rings. The molecule has 76 valence electrons. The summed E-state index contributed by atoms with van der Waals surface area (Å²) in [5, 5.41) is -0.124. The molecule has 0 radical (unpaired) electrons. The van der Waals surface area contributed by atoms with Gasteiger partial charge >= 0.3 is 0 Å². The molecular formula is C10H10ClF2N. The molecule has 0 saturated carbocycles. The smallest absolute Gasteiger partial charge is 0.149 e. The van der Waals surface area contributed by atoms with Gasteiger partial charge in [0.15, 0.2) is 0 Å². The number of halogens is 3. The average Bonchev–Trinajstić information content (AvgIpc) is 2.13. The van der Waals surface area contributed by atoms with E-state index >= 15 is 0 Å². The SMILES string of the molecule is C=CC[C@@H](N)c1c(F)ccc(Cl)c1F. The largest absolute Gasteiger partial charge is 0.324 e. The van der Waals surface area contributed by atoms with E-state index in [1.165, 1.54) is 6.08 Å². The van der Waals surface area contributed by atoms with Gasteiger partial charge in [0.2, 0.25) is 0 Å². The summed E-state index contributed by atoms with van der Waals surface area (Å²) in [7, 11) is 0. The monoisotopic (exact) mass is 217 g/mol. The van der Waals surface area contributed by atoms with Crippen LogP contribution in [-0.4, -0.2) is 0 Å². The summed E-state index contributed by atoms with van der Waals surface area (Å²) in [6.45, 7) is 3.45. The van der Waals surface area contributed by atoms with E-state index in [2.05, 4.69) is 6.58 Å². The van der Waals surface area contributed by atoms with Gasteiger partial charge < -0.3 is 5.73 Å². The van der Waals surface area contributed by atoms with Crippen molar-refractivity contribution in [2.45, 2.75) is 12.5 Å². The molecule has 14 heavy (non-hydrogen) atoms. The third kappa shape index (κ3) is 2.11. The number of hydrogen-bond acceptors (Lipinski definition) is 1. The first kappa shape index (κ1) is 11.1. The third-order valence-electron chi connectivity index (χ3n) is 1.87.